The quantitative estimate of drug-likeness (QED) is 0.289. The molecule has 0 radical (unpaired) electrons. The Morgan fingerprint density at radius 2 is 2.00 bits per heavy atom. The Hall–Kier alpha value is -2.85. The first kappa shape index (κ1) is 20.2. The van der Waals surface area contributed by atoms with E-state index in [1.807, 2.05) is 13.0 Å². The zero-order valence-electron chi connectivity index (χ0n) is 14.5. The molecule has 0 fully saturated rings. The number of methoxy groups -OCH3 is 1. The van der Waals surface area contributed by atoms with Gasteiger partial charge in [0.2, 0.25) is 0 Å². The highest BCUT2D eigenvalue weighted by Gasteiger charge is 2.08. The van der Waals surface area contributed by atoms with Crippen LogP contribution in [-0.4, -0.2) is 38.7 Å². The number of esters is 1. The van der Waals surface area contributed by atoms with E-state index in [4.69, 9.17) is 10.00 Å². The number of amides is 1. The topological polar surface area (TPSA) is 100 Å². The molecule has 0 aliphatic carbocycles. The predicted octanol–water partition coefficient (Wildman–Crippen LogP) is 1.51. The number of hydrogen-bond acceptors (Lipinski definition) is 6. The van der Waals surface area contributed by atoms with E-state index in [-0.39, 0.29) is 5.57 Å². The molecular weight excluding hydrogens is 322 g/mol. The van der Waals surface area contributed by atoms with Crippen LogP contribution in [0.2, 0.25) is 0 Å². The summed E-state index contributed by atoms with van der Waals surface area (Å²) in [6.45, 7) is 3.99. The molecule has 7 heteroatoms. The third kappa shape index (κ3) is 7.50. The first-order valence-electron chi connectivity index (χ1n) is 7.99. The number of hydrogen-bond donors (Lipinski definition) is 2. The zero-order chi connectivity index (χ0) is 18.5. The van der Waals surface area contributed by atoms with Crippen LogP contribution in [-0.2, 0) is 20.8 Å². The summed E-state index contributed by atoms with van der Waals surface area (Å²) < 4.78 is 9.81. The van der Waals surface area contributed by atoms with Crippen LogP contribution in [0, 0.1) is 11.3 Å². The minimum atomic E-state index is -0.424. The fourth-order valence-electron chi connectivity index (χ4n) is 1.91. The van der Waals surface area contributed by atoms with E-state index in [2.05, 4.69) is 15.4 Å². The minimum absolute atomic E-state index is 0.00240. The highest BCUT2D eigenvalue weighted by atomic mass is 16.5. The zero-order valence-corrected chi connectivity index (χ0v) is 14.5. The maximum atomic E-state index is 11.9. The van der Waals surface area contributed by atoms with Crippen LogP contribution in [0.5, 0.6) is 0 Å². The Morgan fingerprint density at radius 1 is 1.28 bits per heavy atom. The van der Waals surface area contributed by atoms with Crippen LogP contribution >= 0.6 is 0 Å². The van der Waals surface area contributed by atoms with E-state index < -0.39 is 11.9 Å². The first-order valence-corrected chi connectivity index (χ1v) is 7.99. The van der Waals surface area contributed by atoms with Crippen LogP contribution in [0.25, 0.3) is 0 Å². The molecule has 0 saturated carbocycles. The van der Waals surface area contributed by atoms with Crippen molar-refractivity contribution in [2.75, 3.05) is 26.9 Å². The second kappa shape index (κ2) is 11.6. The van der Waals surface area contributed by atoms with Crippen LogP contribution in [0.4, 0.5) is 0 Å². The molecule has 1 aromatic carbocycles. The summed E-state index contributed by atoms with van der Waals surface area (Å²) in [5, 5.41) is 14.7. The van der Waals surface area contributed by atoms with Crippen LogP contribution < -0.4 is 10.6 Å². The normalized spacial score (nSPS) is 10.7. The van der Waals surface area contributed by atoms with Gasteiger partial charge in [-0.15, -0.1) is 0 Å². The second-order valence-electron chi connectivity index (χ2n) is 5.05. The van der Waals surface area contributed by atoms with Crippen molar-refractivity contribution in [3.05, 3.63) is 47.2 Å². The van der Waals surface area contributed by atoms with Crippen molar-refractivity contribution in [2.24, 2.45) is 0 Å². The van der Waals surface area contributed by atoms with Gasteiger partial charge < -0.3 is 20.1 Å². The maximum Gasteiger partial charge on any atom is 0.337 e. The molecule has 0 saturated heterocycles. The Balaban J connectivity index is 2.45. The molecular formula is C18H23N3O4. The van der Waals surface area contributed by atoms with Crippen molar-refractivity contribution in [3.8, 4) is 6.07 Å². The van der Waals surface area contributed by atoms with E-state index in [1.165, 1.54) is 13.3 Å². The average Bonchev–Trinajstić information content (AvgIpc) is 2.64. The molecule has 0 heterocycles. The largest absolute Gasteiger partial charge is 0.465 e. The molecule has 0 bridgehead atoms. The average molecular weight is 345 g/mol. The lowest BCUT2D eigenvalue weighted by atomic mass is 10.1. The Kier molecular flexibility index (Phi) is 9.41. The summed E-state index contributed by atoms with van der Waals surface area (Å²) in [6.07, 6.45) is 2.07. The molecule has 1 aromatic rings. The molecule has 0 spiro atoms. The molecule has 0 atom stereocenters. The number of nitrogens with one attached hydrogen (secondary N) is 2. The Morgan fingerprint density at radius 3 is 2.60 bits per heavy atom. The van der Waals surface area contributed by atoms with Gasteiger partial charge in [-0.2, -0.15) is 5.26 Å². The third-order valence-electron chi connectivity index (χ3n) is 3.25. The number of carbonyl (C=O) groups is 2. The molecule has 0 unspecified atom stereocenters. The summed E-state index contributed by atoms with van der Waals surface area (Å²) in [6, 6.07) is 8.72. The molecule has 0 aliphatic rings. The van der Waals surface area contributed by atoms with Crippen molar-refractivity contribution in [3.63, 3.8) is 0 Å². The van der Waals surface area contributed by atoms with E-state index in [0.717, 1.165) is 5.56 Å². The minimum Gasteiger partial charge on any atom is -0.465 e. The standard InChI is InChI=1S/C18H23N3O4/c1-3-25-10-4-9-21-17(22)16(11-19)13-20-12-14-5-7-15(8-6-14)18(23)24-2/h5-8,13,20H,3-4,9-10,12H2,1-2H3,(H,21,22)/b16-13-. The summed E-state index contributed by atoms with van der Waals surface area (Å²) >= 11 is 0. The summed E-state index contributed by atoms with van der Waals surface area (Å²) in [5.41, 5.74) is 1.37. The van der Waals surface area contributed by atoms with Gasteiger partial charge in [0, 0.05) is 32.5 Å². The van der Waals surface area contributed by atoms with Gasteiger partial charge in [-0.3, -0.25) is 4.79 Å². The summed E-state index contributed by atoms with van der Waals surface area (Å²) in [7, 11) is 1.33. The van der Waals surface area contributed by atoms with Gasteiger partial charge in [0.15, 0.2) is 0 Å². The summed E-state index contributed by atoms with van der Waals surface area (Å²) in [5.74, 6) is -0.820. The molecule has 134 valence electrons. The smallest absolute Gasteiger partial charge is 0.337 e. The third-order valence-corrected chi connectivity index (χ3v) is 3.25. The van der Waals surface area contributed by atoms with E-state index in [0.29, 0.717) is 38.3 Å². The van der Waals surface area contributed by atoms with E-state index in [1.54, 1.807) is 24.3 Å². The fraction of sp³-hybridized carbons (Fsp3) is 0.389. The number of nitrogens with zero attached hydrogens (tertiary/aromatic N) is 1. The van der Waals surface area contributed by atoms with Crippen LogP contribution in [0.1, 0.15) is 29.3 Å². The second-order valence-corrected chi connectivity index (χ2v) is 5.05. The van der Waals surface area contributed by atoms with Crippen LogP contribution in [0.15, 0.2) is 36.0 Å². The van der Waals surface area contributed by atoms with Gasteiger partial charge in [0.1, 0.15) is 11.6 Å². The highest BCUT2D eigenvalue weighted by Crippen LogP contribution is 2.05. The van der Waals surface area contributed by atoms with Gasteiger partial charge >= 0.3 is 5.97 Å². The van der Waals surface area contributed by atoms with Gasteiger partial charge in [-0.1, -0.05) is 12.1 Å². The Labute approximate surface area is 147 Å². The molecule has 7 nitrogen and oxygen atoms in total. The van der Waals surface area contributed by atoms with Crippen molar-refractivity contribution in [1.29, 1.82) is 5.26 Å². The van der Waals surface area contributed by atoms with Crippen molar-refractivity contribution in [2.45, 2.75) is 19.9 Å². The summed E-state index contributed by atoms with van der Waals surface area (Å²) in [4.78, 5) is 23.2. The molecule has 1 rings (SSSR count). The number of nitriles is 1. The van der Waals surface area contributed by atoms with E-state index in [9.17, 15) is 9.59 Å². The highest BCUT2D eigenvalue weighted by molar-refractivity contribution is 5.97. The molecule has 0 aromatic heterocycles. The number of benzene rings is 1. The van der Waals surface area contributed by atoms with Gasteiger partial charge in [0.05, 0.1) is 12.7 Å². The van der Waals surface area contributed by atoms with Crippen LogP contribution in [0.3, 0.4) is 0 Å². The van der Waals surface area contributed by atoms with Crippen molar-refractivity contribution in [1.82, 2.24) is 10.6 Å². The molecule has 25 heavy (non-hydrogen) atoms. The van der Waals surface area contributed by atoms with Crippen molar-refractivity contribution < 1.29 is 19.1 Å². The molecule has 2 N–H and O–H groups in total. The first-order chi connectivity index (χ1) is 12.1. The number of ether oxygens (including phenoxy) is 2. The lowest BCUT2D eigenvalue weighted by molar-refractivity contribution is -0.117. The maximum absolute atomic E-state index is 11.9. The number of rotatable bonds is 10. The monoisotopic (exact) mass is 345 g/mol. The van der Waals surface area contributed by atoms with Crippen molar-refractivity contribution >= 4 is 11.9 Å². The lowest BCUT2D eigenvalue weighted by Gasteiger charge is -2.06. The Bertz CT molecular complexity index is 633. The van der Waals surface area contributed by atoms with Gasteiger partial charge in [-0.25, -0.2) is 4.79 Å². The fourth-order valence-corrected chi connectivity index (χ4v) is 1.91. The molecule has 0 aliphatic heterocycles. The van der Waals surface area contributed by atoms with E-state index >= 15 is 0 Å². The predicted molar refractivity (Wildman–Crippen MR) is 92.4 cm³/mol. The number of carbonyl (C=O) groups excluding carboxylic acids is 2. The van der Waals surface area contributed by atoms with Gasteiger partial charge in [-0.05, 0) is 31.0 Å². The molecule has 1 amide bonds. The lowest BCUT2D eigenvalue weighted by Crippen LogP contribution is -2.27. The SMILES string of the molecule is CCOCCCNC(=O)/C(C#N)=C\NCc1ccc(C(=O)OC)cc1. The van der Waals surface area contributed by atoms with Gasteiger partial charge in [0.25, 0.3) is 5.91 Å².